The van der Waals surface area contributed by atoms with Gasteiger partial charge in [-0.15, -0.1) is 24.0 Å². The van der Waals surface area contributed by atoms with Gasteiger partial charge in [-0.25, -0.2) is 0 Å². The second kappa shape index (κ2) is 18.3. The van der Waals surface area contributed by atoms with Gasteiger partial charge >= 0.3 is 0 Å². The number of nitrogens with zero attached hydrogens (tertiary/aromatic N) is 3. The first-order chi connectivity index (χ1) is 12.0. The van der Waals surface area contributed by atoms with Gasteiger partial charge in [0.2, 0.25) is 0 Å². The van der Waals surface area contributed by atoms with Crippen molar-refractivity contribution in [1.29, 1.82) is 0 Å². The molecule has 0 amide bonds. The maximum absolute atomic E-state index is 5.10. The smallest absolute Gasteiger partial charge is 0.191 e. The molecule has 0 aliphatic rings. The molecule has 6 nitrogen and oxygen atoms in total. The first-order valence-electron chi connectivity index (χ1n) is 9.86. The second-order valence-corrected chi connectivity index (χ2v) is 6.90. The zero-order valence-corrected chi connectivity index (χ0v) is 20.5. The second-order valence-electron chi connectivity index (χ2n) is 6.90. The Kier molecular flexibility index (Phi) is 19.7. The predicted molar refractivity (Wildman–Crippen MR) is 125 cm³/mol. The van der Waals surface area contributed by atoms with E-state index in [9.17, 15) is 0 Å². The number of ether oxygens (including phenoxy) is 1. The van der Waals surface area contributed by atoms with Crippen LogP contribution in [0.1, 0.15) is 40.0 Å². The Morgan fingerprint density at radius 2 is 1.69 bits per heavy atom. The zero-order chi connectivity index (χ0) is 19.1. The third kappa shape index (κ3) is 13.1. The SMILES string of the molecule is CCNC(=NCC(C(CC)CC)N(C)C)NCCN(C)CCCOC.I. The molecule has 0 aromatic carbocycles. The quantitative estimate of drug-likeness (QED) is 0.171. The average Bonchev–Trinajstić information content (AvgIpc) is 2.58. The van der Waals surface area contributed by atoms with Gasteiger partial charge in [0.1, 0.15) is 0 Å². The van der Waals surface area contributed by atoms with E-state index in [1.807, 2.05) is 0 Å². The Morgan fingerprint density at radius 3 is 2.19 bits per heavy atom. The van der Waals surface area contributed by atoms with Crippen molar-refractivity contribution in [2.24, 2.45) is 10.9 Å². The van der Waals surface area contributed by atoms with Crippen molar-refractivity contribution in [3.63, 3.8) is 0 Å². The van der Waals surface area contributed by atoms with Crippen LogP contribution in [0.5, 0.6) is 0 Å². The Balaban J connectivity index is 0. The Labute approximate surface area is 179 Å². The number of rotatable bonds is 14. The molecule has 0 saturated carbocycles. The average molecular weight is 485 g/mol. The van der Waals surface area contributed by atoms with E-state index >= 15 is 0 Å². The number of nitrogens with one attached hydrogen (secondary N) is 2. The molecule has 0 aromatic heterocycles. The van der Waals surface area contributed by atoms with Crippen LogP contribution in [0, 0.1) is 5.92 Å². The van der Waals surface area contributed by atoms with Gasteiger partial charge in [0, 0.05) is 45.9 Å². The van der Waals surface area contributed by atoms with Crippen molar-refractivity contribution in [3.05, 3.63) is 0 Å². The fraction of sp³-hybridized carbons (Fsp3) is 0.947. The number of hydrogen-bond acceptors (Lipinski definition) is 4. The van der Waals surface area contributed by atoms with Crippen molar-refractivity contribution in [2.75, 3.05) is 67.6 Å². The van der Waals surface area contributed by atoms with Crippen LogP contribution >= 0.6 is 24.0 Å². The summed E-state index contributed by atoms with van der Waals surface area (Å²) in [5, 5.41) is 6.82. The molecule has 7 heteroatoms. The van der Waals surface area contributed by atoms with E-state index in [-0.39, 0.29) is 24.0 Å². The van der Waals surface area contributed by atoms with Gasteiger partial charge in [0.05, 0.1) is 6.54 Å². The van der Waals surface area contributed by atoms with Crippen molar-refractivity contribution < 1.29 is 4.74 Å². The standard InChI is InChI=1S/C19H43N5O.HI/c1-8-17(9-2)18(23(4)5)16-22-19(20-10-3)21-12-14-24(6)13-11-15-25-7;/h17-18H,8-16H2,1-7H3,(H2,20,21,22);1H. The molecule has 0 aliphatic heterocycles. The lowest BCUT2D eigenvalue weighted by Crippen LogP contribution is -2.43. The lowest BCUT2D eigenvalue weighted by molar-refractivity contribution is 0.180. The van der Waals surface area contributed by atoms with Crippen LogP contribution < -0.4 is 10.6 Å². The molecule has 0 rings (SSSR count). The molecule has 26 heavy (non-hydrogen) atoms. The molecule has 0 saturated heterocycles. The van der Waals surface area contributed by atoms with E-state index in [1.165, 1.54) is 12.8 Å². The summed E-state index contributed by atoms with van der Waals surface area (Å²) in [6, 6.07) is 0.488. The van der Waals surface area contributed by atoms with Gasteiger partial charge in [-0.05, 0) is 40.4 Å². The van der Waals surface area contributed by atoms with Crippen LogP contribution in [0.25, 0.3) is 0 Å². The number of halogens is 1. The molecule has 0 aliphatic carbocycles. The number of guanidine groups is 1. The Hall–Kier alpha value is -0.120. The molecule has 0 bridgehead atoms. The maximum Gasteiger partial charge on any atom is 0.191 e. The van der Waals surface area contributed by atoms with E-state index in [1.54, 1.807) is 7.11 Å². The van der Waals surface area contributed by atoms with Gasteiger partial charge < -0.3 is 25.2 Å². The normalized spacial score (nSPS) is 13.2. The van der Waals surface area contributed by atoms with Crippen LogP contribution in [0.2, 0.25) is 0 Å². The monoisotopic (exact) mass is 485 g/mol. The molecule has 1 unspecified atom stereocenters. The minimum Gasteiger partial charge on any atom is -0.385 e. The zero-order valence-electron chi connectivity index (χ0n) is 18.2. The van der Waals surface area contributed by atoms with E-state index in [0.29, 0.717) is 12.0 Å². The Bertz CT molecular complexity index is 338. The predicted octanol–water partition coefficient (Wildman–Crippen LogP) is 2.49. The van der Waals surface area contributed by atoms with Gasteiger partial charge in [-0.1, -0.05) is 26.7 Å². The number of likely N-dealkylation sites (N-methyl/N-ethyl adjacent to an activating group) is 2. The molecule has 158 valence electrons. The molecular formula is C19H44IN5O. The van der Waals surface area contributed by atoms with Crippen molar-refractivity contribution >= 4 is 29.9 Å². The maximum atomic E-state index is 5.10. The lowest BCUT2D eigenvalue weighted by atomic mass is 9.93. The van der Waals surface area contributed by atoms with Gasteiger partial charge in [-0.3, -0.25) is 4.99 Å². The van der Waals surface area contributed by atoms with Crippen molar-refractivity contribution in [1.82, 2.24) is 20.4 Å². The summed E-state index contributed by atoms with van der Waals surface area (Å²) in [7, 11) is 8.22. The highest BCUT2D eigenvalue weighted by Crippen LogP contribution is 2.17. The van der Waals surface area contributed by atoms with E-state index in [2.05, 4.69) is 62.3 Å². The highest BCUT2D eigenvalue weighted by molar-refractivity contribution is 14.0. The largest absolute Gasteiger partial charge is 0.385 e. The number of methoxy groups -OCH3 is 1. The minimum absolute atomic E-state index is 0. The molecule has 0 radical (unpaired) electrons. The summed E-state index contributed by atoms with van der Waals surface area (Å²) < 4.78 is 5.10. The summed E-state index contributed by atoms with van der Waals surface area (Å²) in [6.07, 6.45) is 3.47. The highest BCUT2D eigenvalue weighted by atomic mass is 127. The van der Waals surface area contributed by atoms with Gasteiger partial charge in [0.15, 0.2) is 5.96 Å². The Morgan fingerprint density at radius 1 is 1.04 bits per heavy atom. The number of aliphatic imine (C=N–C) groups is 1. The summed E-state index contributed by atoms with van der Waals surface area (Å²) in [4.78, 5) is 9.47. The molecule has 1 atom stereocenters. The van der Waals surface area contributed by atoms with Crippen LogP contribution in [0.15, 0.2) is 4.99 Å². The molecule has 0 aromatic rings. The molecule has 0 fully saturated rings. The molecule has 0 heterocycles. The molecule has 2 N–H and O–H groups in total. The summed E-state index contributed by atoms with van der Waals surface area (Å²) in [5.74, 6) is 1.61. The summed E-state index contributed by atoms with van der Waals surface area (Å²) in [5.41, 5.74) is 0. The lowest BCUT2D eigenvalue weighted by Gasteiger charge is -2.30. The third-order valence-electron chi connectivity index (χ3n) is 4.71. The van der Waals surface area contributed by atoms with Crippen LogP contribution in [0.4, 0.5) is 0 Å². The summed E-state index contributed by atoms with van der Waals surface area (Å²) in [6.45, 7) is 12.1. The molecular weight excluding hydrogens is 441 g/mol. The molecule has 0 spiro atoms. The topological polar surface area (TPSA) is 52.1 Å². The fourth-order valence-corrected chi connectivity index (χ4v) is 3.05. The first kappa shape index (κ1) is 28.1. The van der Waals surface area contributed by atoms with Gasteiger partial charge in [-0.2, -0.15) is 0 Å². The van der Waals surface area contributed by atoms with Crippen molar-refractivity contribution in [3.8, 4) is 0 Å². The van der Waals surface area contributed by atoms with E-state index < -0.39 is 0 Å². The third-order valence-corrected chi connectivity index (χ3v) is 4.71. The highest BCUT2D eigenvalue weighted by Gasteiger charge is 2.20. The van der Waals surface area contributed by atoms with Crippen LogP contribution in [-0.2, 0) is 4.74 Å². The minimum atomic E-state index is 0. The van der Waals surface area contributed by atoms with E-state index in [0.717, 1.165) is 51.7 Å². The van der Waals surface area contributed by atoms with Crippen LogP contribution in [0.3, 0.4) is 0 Å². The van der Waals surface area contributed by atoms with Crippen molar-refractivity contribution in [2.45, 2.75) is 46.1 Å². The first-order valence-corrected chi connectivity index (χ1v) is 9.86. The van der Waals surface area contributed by atoms with Crippen LogP contribution in [-0.4, -0.2) is 89.4 Å². The van der Waals surface area contributed by atoms with E-state index in [4.69, 9.17) is 9.73 Å². The summed E-state index contributed by atoms with van der Waals surface area (Å²) >= 11 is 0. The number of hydrogen-bond donors (Lipinski definition) is 2. The fourth-order valence-electron chi connectivity index (χ4n) is 3.05. The van der Waals surface area contributed by atoms with Gasteiger partial charge in [0.25, 0.3) is 0 Å².